The second-order valence-corrected chi connectivity index (χ2v) is 7.25. The molecular weight excluding hydrogens is 380 g/mol. The van der Waals surface area contributed by atoms with Crippen LogP contribution in [0.15, 0.2) is 84.9 Å². The Hall–Kier alpha value is -3.64. The Labute approximate surface area is 174 Å². The third-order valence-electron chi connectivity index (χ3n) is 5.60. The Kier molecular flexibility index (Phi) is 4.48. The van der Waals surface area contributed by atoms with Crippen LogP contribution in [-0.2, 0) is 14.4 Å². The number of fused-ring (bicyclic) bond motifs is 1. The number of methoxy groups -OCH3 is 1. The molecule has 0 bridgehead atoms. The summed E-state index contributed by atoms with van der Waals surface area (Å²) in [7, 11) is 1.59. The number of nitrogens with zero attached hydrogens (tertiary/aromatic N) is 2. The fraction of sp³-hybridized carbons (Fsp3) is 0.167. The Bertz CT molecular complexity index is 1090. The first-order valence-electron chi connectivity index (χ1n) is 9.77. The topological polar surface area (TPSA) is 59.1 Å². The molecule has 30 heavy (non-hydrogen) atoms. The lowest BCUT2D eigenvalue weighted by atomic mass is 9.90. The summed E-state index contributed by atoms with van der Waals surface area (Å²) in [6, 6.07) is 25.5. The number of ether oxygens (including phenoxy) is 1. The van der Waals surface area contributed by atoms with Gasteiger partial charge in [-0.2, -0.15) is 0 Å². The van der Waals surface area contributed by atoms with Crippen LogP contribution < -0.4 is 14.7 Å². The van der Waals surface area contributed by atoms with Crippen LogP contribution in [0.1, 0.15) is 11.6 Å². The quantitative estimate of drug-likeness (QED) is 0.625. The number of hydrogen-bond donors (Lipinski definition) is 0. The molecule has 6 heteroatoms. The maximum absolute atomic E-state index is 13.5. The molecule has 5 rings (SSSR count). The van der Waals surface area contributed by atoms with E-state index < -0.39 is 18.1 Å². The molecule has 2 aliphatic rings. The minimum Gasteiger partial charge on any atom is -0.496 e. The lowest BCUT2D eigenvalue weighted by Crippen LogP contribution is -2.37. The standard InChI is InChI=1S/C24H20N2O4/c1-29-19-15-9-8-14-18(19)21-20-22(30-26(21)17-12-6-3-7-13-17)24(28)25(23(20)27)16-10-4-2-5-11-16/h2-15,20-22H,1H3/t20-,21+,22+/m1/s1. The van der Waals surface area contributed by atoms with E-state index in [1.54, 1.807) is 36.4 Å². The van der Waals surface area contributed by atoms with Gasteiger partial charge in [-0.25, -0.2) is 9.96 Å². The number of rotatable bonds is 4. The molecular formula is C24H20N2O4. The predicted molar refractivity (Wildman–Crippen MR) is 112 cm³/mol. The van der Waals surface area contributed by atoms with Gasteiger partial charge in [0.05, 0.1) is 24.5 Å². The molecule has 2 aliphatic heterocycles. The van der Waals surface area contributed by atoms with Crippen molar-refractivity contribution >= 4 is 23.2 Å². The number of carbonyl (C=O) groups is 2. The largest absolute Gasteiger partial charge is 0.496 e. The highest BCUT2D eigenvalue weighted by atomic mass is 16.7. The minimum absolute atomic E-state index is 0.273. The van der Waals surface area contributed by atoms with E-state index in [0.717, 1.165) is 11.3 Å². The molecule has 0 unspecified atom stereocenters. The van der Waals surface area contributed by atoms with Gasteiger partial charge >= 0.3 is 0 Å². The van der Waals surface area contributed by atoms with Crippen molar-refractivity contribution in [1.82, 2.24) is 0 Å². The number of amides is 2. The fourth-order valence-electron chi connectivity index (χ4n) is 4.27. The summed E-state index contributed by atoms with van der Waals surface area (Å²) < 4.78 is 5.57. The number of carbonyl (C=O) groups excluding carboxylic acids is 2. The van der Waals surface area contributed by atoms with Gasteiger partial charge in [-0.15, -0.1) is 0 Å². The van der Waals surface area contributed by atoms with Crippen LogP contribution in [0.5, 0.6) is 5.75 Å². The van der Waals surface area contributed by atoms with Crippen molar-refractivity contribution in [1.29, 1.82) is 0 Å². The van der Waals surface area contributed by atoms with Gasteiger partial charge in [0.15, 0.2) is 6.10 Å². The zero-order valence-corrected chi connectivity index (χ0v) is 16.3. The monoisotopic (exact) mass is 400 g/mol. The molecule has 0 spiro atoms. The highest BCUT2D eigenvalue weighted by molar-refractivity contribution is 6.23. The first-order chi connectivity index (χ1) is 14.7. The fourth-order valence-corrected chi connectivity index (χ4v) is 4.27. The van der Waals surface area contributed by atoms with Gasteiger partial charge in [-0.3, -0.25) is 14.4 Å². The third kappa shape index (κ3) is 2.76. The highest BCUT2D eigenvalue weighted by Gasteiger charge is 2.60. The molecule has 0 N–H and O–H groups in total. The SMILES string of the molecule is COc1ccccc1[C@H]1[C@H]2C(=O)N(c3ccccc3)C(=O)[C@H]2ON1c1ccccc1. The van der Waals surface area contributed by atoms with Crippen molar-refractivity contribution in [3.05, 3.63) is 90.5 Å². The summed E-state index contributed by atoms with van der Waals surface area (Å²) in [5, 5.41) is 1.67. The van der Waals surface area contributed by atoms with Gasteiger partial charge in [0.1, 0.15) is 11.7 Å². The Morgan fingerprint density at radius 3 is 2.03 bits per heavy atom. The molecule has 2 amide bonds. The number of hydroxylamine groups is 1. The van der Waals surface area contributed by atoms with Crippen molar-refractivity contribution < 1.29 is 19.2 Å². The molecule has 150 valence electrons. The smallest absolute Gasteiger partial charge is 0.266 e. The Morgan fingerprint density at radius 2 is 1.37 bits per heavy atom. The Morgan fingerprint density at radius 1 is 0.767 bits per heavy atom. The van der Waals surface area contributed by atoms with Crippen molar-refractivity contribution in [3.8, 4) is 5.75 Å². The molecule has 0 saturated carbocycles. The first kappa shape index (κ1) is 18.4. The van der Waals surface area contributed by atoms with E-state index in [2.05, 4.69) is 0 Å². The van der Waals surface area contributed by atoms with E-state index in [9.17, 15) is 9.59 Å². The number of para-hydroxylation sites is 3. The molecule has 3 aromatic carbocycles. The molecule has 2 heterocycles. The summed E-state index contributed by atoms with van der Waals surface area (Å²) in [4.78, 5) is 34.1. The summed E-state index contributed by atoms with van der Waals surface area (Å²) in [5.74, 6) is -0.666. The lowest BCUT2D eigenvalue weighted by Gasteiger charge is -2.29. The average molecular weight is 400 g/mol. The second-order valence-electron chi connectivity index (χ2n) is 7.25. The van der Waals surface area contributed by atoms with E-state index in [0.29, 0.717) is 11.4 Å². The predicted octanol–water partition coefficient (Wildman–Crippen LogP) is 3.75. The Balaban J connectivity index is 1.62. The van der Waals surface area contributed by atoms with Gasteiger partial charge in [0.25, 0.3) is 5.91 Å². The zero-order chi connectivity index (χ0) is 20.7. The van der Waals surface area contributed by atoms with Crippen LogP contribution in [0.2, 0.25) is 0 Å². The van der Waals surface area contributed by atoms with Crippen LogP contribution in [0.4, 0.5) is 11.4 Å². The highest BCUT2D eigenvalue weighted by Crippen LogP contribution is 2.49. The number of hydrogen-bond acceptors (Lipinski definition) is 5. The summed E-state index contributed by atoms with van der Waals surface area (Å²) in [6.45, 7) is 0. The van der Waals surface area contributed by atoms with E-state index in [1.807, 2.05) is 60.7 Å². The van der Waals surface area contributed by atoms with Crippen molar-refractivity contribution in [2.24, 2.45) is 5.92 Å². The molecule has 6 nitrogen and oxygen atoms in total. The van der Waals surface area contributed by atoms with Gasteiger partial charge < -0.3 is 4.74 Å². The van der Waals surface area contributed by atoms with E-state index >= 15 is 0 Å². The molecule has 0 radical (unpaired) electrons. The van der Waals surface area contributed by atoms with Gasteiger partial charge in [-0.05, 0) is 30.3 Å². The molecule has 2 saturated heterocycles. The van der Waals surface area contributed by atoms with Crippen LogP contribution in [0.25, 0.3) is 0 Å². The van der Waals surface area contributed by atoms with Crippen molar-refractivity contribution in [2.45, 2.75) is 12.1 Å². The van der Waals surface area contributed by atoms with Gasteiger partial charge in [0.2, 0.25) is 5.91 Å². The molecule has 0 aliphatic carbocycles. The minimum atomic E-state index is -0.896. The zero-order valence-electron chi connectivity index (χ0n) is 16.3. The number of anilines is 2. The third-order valence-corrected chi connectivity index (χ3v) is 5.60. The number of imide groups is 1. The van der Waals surface area contributed by atoms with Gasteiger partial charge in [0, 0.05) is 5.56 Å². The average Bonchev–Trinajstić information content (AvgIpc) is 3.31. The van der Waals surface area contributed by atoms with E-state index in [-0.39, 0.29) is 11.8 Å². The van der Waals surface area contributed by atoms with Crippen LogP contribution >= 0.6 is 0 Å². The second kappa shape index (κ2) is 7.31. The molecule has 3 aromatic rings. The molecule has 3 atom stereocenters. The summed E-state index contributed by atoms with van der Waals surface area (Å²) in [5.41, 5.74) is 2.12. The maximum Gasteiger partial charge on any atom is 0.266 e. The first-order valence-corrected chi connectivity index (χ1v) is 9.77. The van der Waals surface area contributed by atoms with E-state index in [1.165, 1.54) is 4.90 Å². The molecule has 0 aromatic heterocycles. The lowest BCUT2D eigenvalue weighted by molar-refractivity contribution is -0.126. The van der Waals surface area contributed by atoms with Crippen molar-refractivity contribution in [2.75, 3.05) is 17.1 Å². The van der Waals surface area contributed by atoms with Crippen LogP contribution in [-0.4, -0.2) is 25.0 Å². The normalized spacial score (nSPS) is 23.0. The molecule has 2 fully saturated rings. The maximum atomic E-state index is 13.5. The van der Waals surface area contributed by atoms with Crippen LogP contribution in [0, 0.1) is 5.92 Å². The number of benzene rings is 3. The van der Waals surface area contributed by atoms with Gasteiger partial charge in [-0.1, -0.05) is 54.6 Å². The summed E-state index contributed by atoms with van der Waals surface area (Å²) in [6.07, 6.45) is -0.896. The summed E-state index contributed by atoms with van der Waals surface area (Å²) >= 11 is 0. The van der Waals surface area contributed by atoms with Crippen molar-refractivity contribution in [3.63, 3.8) is 0 Å². The van der Waals surface area contributed by atoms with Crippen LogP contribution in [0.3, 0.4) is 0 Å². The van der Waals surface area contributed by atoms with E-state index in [4.69, 9.17) is 9.57 Å².